The van der Waals surface area contributed by atoms with Crippen LogP contribution in [0.4, 0.5) is 13.2 Å². The molecule has 132 valence electrons. The van der Waals surface area contributed by atoms with Crippen LogP contribution < -0.4 is 5.73 Å². The maximum atomic E-state index is 13.5. The first kappa shape index (κ1) is 18.9. The van der Waals surface area contributed by atoms with Gasteiger partial charge in [-0.1, -0.05) is 0 Å². The first-order chi connectivity index (χ1) is 11.8. The van der Waals surface area contributed by atoms with Gasteiger partial charge in [0.1, 0.15) is 41.1 Å². The van der Waals surface area contributed by atoms with Crippen molar-refractivity contribution in [2.24, 2.45) is 20.7 Å². The van der Waals surface area contributed by atoms with Gasteiger partial charge >= 0.3 is 0 Å². The first-order valence-corrected chi connectivity index (χ1v) is 7.75. The maximum Gasteiger partial charge on any atom is 0.130 e. The molecule has 1 aromatic rings. The Hall–Kier alpha value is -2.41. The lowest BCUT2D eigenvalue weighted by Gasteiger charge is -2.13. The molecule has 1 aromatic carbocycles. The van der Waals surface area contributed by atoms with Crippen LogP contribution in [0.25, 0.3) is 0 Å². The lowest BCUT2D eigenvalue weighted by atomic mass is 10.1. The molecule has 1 aliphatic rings. The molecule has 2 atom stereocenters. The van der Waals surface area contributed by atoms with E-state index in [1.165, 1.54) is 32.5 Å². The summed E-state index contributed by atoms with van der Waals surface area (Å²) in [5.41, 5.74) is 6.39. The van der Waals surface area contributed by atoms with Gasteiger partial charge in [0.25, 0.3) is 0 Å². The topological polar surface area (TPSA) is 63.1 Å². The lowest BCUT2D eigenvalue weighted by Crippen LogP contribution is -2.23. The van der Waals surface area contributed by atoms with Crippen molar-refractivity contribution in [1.29, 1.82) is 0 Å². The molecule has 0 spiro atoms. The third-order valence-electron chi connectivity index (χ3n) is 3.45. The summed E-state index contributed by atoms with van der Waals surface area (Å²) in [5.74, 6) is -1.71. The Morgan fingerprint density at radius 1 is 1.28 bits per heavy atom. The van der Waals surface area contributed by atoms with Gasteiger partial charge < -0.3 is 5.73 Å². The fraction of sp³-hybridized carbons (Fsp3) is 0.235. The zero-order valence-corrected chi connectivity index (χ0v) is 14.3. The Balaban J connectivity index is 2.43. The predicted molar refractivity (Wildman–Crippen MR) is 94.9 cm³/mol. The summed E-state index contributed by atoms with van der Waals surface area (Å²) in [6.07, 6.45) is 4.08. The normalized spacial score (nSPS) is 20.0. The smallest absolute Gasteiger partial charge is 0.130 e. The summed E-state index contributed by atoms with van der Waals surface area (Å²) in [6.45, 7) is 2.82. The molecule has 4 nitrogen and oxygen atoms in total. The number of nitrogens with two attached hydrogens (primary N) is 1. The highest BCUT2D eigenvalue weighted by molar-refractivity contribution is 6.22. The van der Waals surface area contributed by atoms with Crippen molar-refractivity contribution in [3.8, 4) is 0 Å². The number of halogens is 4. The summed E-state index contributed by atoms with van der Waals surface area (Å²) in [7, 11) is 0. The van der Waals surface area contributed by atoms with Gasteiger partial charge in [-0.3, -0.25) is 9.98 Å². The highest BCUT2D eigenvalue weighted by atomic mass is 35.5. The Labute approximate surface area is 148 Å². The fourth-order valence-electron chi connectivity index (χ4n) is 1.96. The van der Waals surface area contributed by atoms with E-state index >= 15 is 0 Å². The minimum Gasteiger partial charge on any atom is -0.385 e. The van der Waals surface area contributed by atoms with E-state index < -0.39 is 28.9 Å². The monoisotopic (exact) mass is 368 g/mol. The van der Waals surface area contributed by atoms with Crippen LogP contribution in [-0.4, -0.2) is 24.4 Å². The molecular formula is C17H16ClF3N4. The molecule has 0 fully saturated rings. The molecule has 0 radical (unpaired) electrons. The van der Waals surface area contributed by atoms with Crippen LogP contribution in [0.3, 0.4) is 0 Å². The number of hydrogen-bond donors (Lipinski definition) is 1. The summed E-state index contributed by atoms with van der Waals surface area (Å²) >= 11 is 6.35. The van der Waals surface area contributed by atoms with Crippen molar-refractivity contribution < 1.29 is 13.2 Å². The van der Waals surface area contributed by atoms with Crippen molar-refractivity contribution >= 4 is 30.0 Å². The van der Waals surface area contributed by atoms with Crippen molar-refractivity contribution in [2.75, 3.05) is 0 Å². The minimum absolute atomic E-state index is 0.165. The Morgan fingerprint density at radius 2 is 1.92 bits per heavy atom. The zero-order chi connectivity index (χ0) is 18.6. The molecule has 2 unspecified atom stereocenters. The molecule has 25 heavy (non-hydrogen) atoms. The number of alkyl halides is 1. The molecule has 0 aromatic heterocycles. The van der Waals surface area contributed by atoms with E-state index in [1.807, 2.05) is 0 Å². The third kappa shape index (κ3) is 5.03. The largest absolute Gasteiger partial charge is 0.385 e. The summed E-state index contributed by atoms with van der Waals surface area (Å²) in [5, 5.41) is -0.988. The number of aliphatic imine (C=N–C) groups is 3. The molecular weight excluding hydrogens is 353 g/mol. The molecule has 8 heteroatoms. The predicted octanol–water partition coefficient (Wildman–Crippen LogP) is 4.23. The van der Waals surface area contributed by atoms with E-state index in [0.29, 0.717) is 0 Å². The van der Waals surface area contributed by atoms with Crippen LogP contribution in [0.2, 0.25) is 0 Å². The number of amidine groups is 1. The van der Waals surface area contributed by atoms with Crippen LogP contribution in [-0.2, 0) is 0 Å². The van der Waals surface area contributed by atoms with Gasteiger partial charge in [-0.25, -0.2) is 18.2 Å². The van der Waals surface area contributed by atoms with Crippen molar-refractivity contribution in [3.63, 3.8) is 0 Å². The SMILES string of the molecule is C/C(F)=C(\C)C=NC(=CC1N=CN=C1N)C(Cl)c1cc(F)cc(F)c1. The van der Waals surface area contributed by atoms with Gasteiger partial charge in [-0.05, 0) is 43.2 Å². The molecule has 1 aliphatic heterocycles. The fourth-order valence-corrected chi connectivity index (χ4v) is 2.22. The van der Waals surface area contributed by atoms with Gasteiger partial charge in [-0.15, -0.1) is 11.6 Å². The quantitative estimate of drug-likeness (QED) is 0.613. The average molecular weight is 369 g/mol. The van der Waals surface area contributed by atoms with Gasteiger partial charge in [0.2, 0.25) is 0 Å². The number of benzene rings is 1. The molecule has 2 rings (SSSR count). The maximum absolute atomic E-state index is 13.5. The van der Waals surface area contributed by atoms with Crippen LogP contribution in [0.5, 0.6) is 0 Å². The van der Waals surface area contributed by atoms with E-state index in [-0.39, 0.29) is 22.7 Å². The van der Waals surface area contributed by atoms with Crippen LogP contribution in [0.15, 0.2) is 56.3 Å². The first-order valence-electron chi connectivity index (χ1n) is 7.31. The summed E-state index contributed by atoms with van der Waals surface area (Å²) in [6, 6.07) is 2.35. The van der Waals surface area contributed by atoms with Crippen molar-refractivity contribution in [2.45, 2.75) is 25.3 Å². The Morgan fingerprint density at radius 3 is 2.44 bits per heavy atom. The number of rotatable bonds is 5. The van der Waals surface area contributed by atoms with E-state index in [2.05, 4.69) is 15.0 Å². The van der Waals surface area contributed by atoms with Crippen molar-refractivity contribution in [3.05, 3.63) is 58.6 Å². The van der Waals surface area contributed by atoms with Crippen molar-refractivity contribution in [1.82, 2.24) is 0 Å². The van der Waals surface area contributed by atoms with Crippen LogP contribution in [0.1, 0.15) is 24.8 Å². The minimum atomic E-state index is -0.988. The third-order valence-corrected chi connectivity index (χ3v) is 3.93. The standard InChI is InChI=1S/C17H16ClF3N4/c1-9(10(2)19)7-23-14(6-15-17(22)25-8-24-15)16(18)11-3-12(20)5-13(21)4-11/h3-8,15-16H,1-2H3,(H2,22,24,25)/b10-9-,14-6?,23-7?. The number of allylic oxidation sites excluding steroid dienone is 3. The zero-order valence-electron chi connectivity index (χ0n) is 13.5. The summed E-state index contributed by atoms with van der Waals surface area (Å²) in [4.78, 5) is 12.0. The second kappa shape index (κ2) is 8.11. The van der Waals surface area contributed by atoms with Crippen LogP contribution in [0, 0.1) is 11.6 Å². The van der Waals surface area contributed by atoms with Gasteiger partial charge in [0, 0.05) is 12.3 Å². The molecule has 0 aliphatic carbocycles. The molecule has 1 heterocycles. The Bertz CT molecular complexity index is 788. The molecule has 0 saturated carbocycles. The second-order valence-electron chi connectivity index (χ2n) is 5.39. The molecule has 0 bridgehead atoms. The highest BCUT2D eigenvalue weighted by Gasteiger charge is 2.20. The van der Waals surface area contributed by atoms with Gasteiger partial charge in [0.15, 0.2) is 0 Å². The molecule has 0 amide bonds. The van der Waals surface area contributed by atoms with E-state index in [1.54, 1.807) is 0 Å². The average Bonchev–Trinajstić information content (AvgIpc) is 2.94. The Kier molecular flexibility index (Phi) is 6.14. The molecule has 2 N–H and O–H groups in total. The molecule has 0 saturated heterocycles. The van der Waals surface area contributed by atoms with E-state index in [9.17, 15) is 13.2 Å². The number of hydrogen-bond acceptors (Lipinski definition) is 4. The van der Waals surface area contributed by atoms with Gasteiger partial charge in [-0.2, -0.15) is 0 Å². The van der Waals surface area contributed by atoms with E-state index in [0.717, 1.165) is 18.2 Å². The van der Waals surface area contributed by atoms with Crippen LogP contribution >= 0.6 is 11.6 Å². The van der Waals surface area contributed by atoms with E-state index in [4.69, 9.17) is 17.3 Å². The lowest BCUT2D eigenvalue weighted by molar-refractivity contribution is 0.580. The van der Waals surface area contributed by atoms with Gasteiger partial charge in [0.05, 0.1) is 5.70 Å². The highest BCUT2D eigenvalue weighted by Crippen LogP contribution is 2.31. The number of nitrogens with zero attached hydrogens (tertiary/aromatic N) is 3. The second-order valence-corrected chi connectivity index (χ2v) is 5.83. The summed E-state index contributed by atoms with van der Waals surface area (Å²) < 4.78 is 40.1.